The Kier molecular flexibility index (Phi) is 2.99. The summed E-state index contributed by atoms with van der Waals surface area (Å²) in [5, 5.41) is 0.717. The molecule has 0 N–H and O–H groups in total. The van der Waals surface area contributed by atoms with Crippen molar-refractivity contribution in [2.75, 3.05) is 0 Å². The highest BCUT2D eigenvalue weighted by atomic mass is 79.9. The third-order valence-corrected chi connectivity index (χ3v) is 2.57. The molecule has 0 saturated carbocycles. The first-order chi connectivity index (χ1) is 6.90. The van der Waals surface area contributed by atoms with Crippen molar-refractivity contribution in [2.24, 2.45) is 0 Å². The van der Waals surface area contributed by atoms with Crippen LogP contribution in [-0.2, 0) is 11.8 Å². The lowest BCUT2D eigenvalue weighted by atomic mass is 10.1. The van der Waals surface area contributed by atoms with Crippen LogP contribution in [0.4, 0.5) is 0 Å². The zero-order chi connectivity index (χ0) is 9.80. The van der Waals surface area contributed by atoms with Gasteiger partial charge in [-0.15, -0.1) is 0 Å². The number of hydrogen-bond acceptors (Lipinski definition) is 2. The molecule has 0 aliphatic rings. The Morgan fingerprint density at radius 1 is 1.21 bits per heavy atom. The first kappa shape index (κ1) is 9.46. The Morgan fingerprint density at radius 2 is 2.00 bits per heavy atom. The van der Waals surface area contributed by atoms with Gasteiger partial charge in [0.15, 0.2) is 6.39 Å². The van der Waals surface area contributed by atoms with Crippen molar-refractivity contribution in [1.82, 2.24) is 4.98 Å². The molecule has 2 nitrogen and oxygen atoms in total. The zero-order valence-corrected chi connectivity index (χ0v) is 9.20. The van der Waals surface area contributed by atoms with E-state index < -0.39 is 0 Å². The SMILES string of the molecule is BrCc1ocnc1Cc1ccccc1. The fourth-order valence-corrected chi connectivity index (χ4v) is 1.79. The highest BCUT2D eigenvalue weighted by molar-refractivity contribution is 9.08. The number of aromatic nitrogens is 1. The van der Waals surface area contributed by atoms with Crippen LogP contribution in [0.3, 0.4) is 0 Å². The number of nitrogens with zero attached hydrogens (tertiary/aromatic N) is 1. The molecule has 72 valence electrons. The first-order valence-electron chi connectivity index (χ1n) is 4.41. The van der Waals surface area contributed by atoms with E-state index in [1.807, 2.05) is 18.2 Å². The summed E-state index contributed by atoms with van der Waals surface area (Å²) in [6.45, 7) is 0. The number of oxazole rings is 1. The molecule has 0 saturated heterocycles. The second kappa shape index (κ2) is 4.42. The molecule has 2 rings (SSSR count). The second-order valence-electron chi connectivity index (χ2n) is 3.02. The molecule has 3 heteroatoms. The molecule has 0 aliphatic heterocycles. The summed E-state index contributed by atoms with van der Waals surface area (Å²) >= 11 is 3.37. The van der Waals surface area contributed by atoms with E-state index in [0.717, 1.165) is 23.2 Å². The van der Waals surface area contributed by atoms with Crippen LogP contribution in [0.1, 0.15) is 17.0 Å². The maximum absolute atomic E-state index is 5.23. The summed E-state index contributed by atoms with van der Waals surface area (Å²) in [6, 6.07) is 10.3. The van der Waals surface area contributed by atoms with Crippen LogP contribution in [0.2, 0.25) is 0 Å². The number of rotatable bonds is 3. The molecule has 0 spiro atoms. The molecule has 0 amide bonds. The van der Waals surface area contributed by atoms with Crippen molar-refractivity contribution in [2.45, 2.75) is 11.8 Å². The zero-order valence-electron chi connectivity index (χ0n) is 7.61. The van der Waals surface area contributed by atoms with Gasteiger partial charge in [-0.05, 0) is 5.56 Å². The molecule has 1 heterocycles. The predicted octanol–water partition coefficient (Wildman–Crippen LogP) is 3.16. The van der Waals surface area contributed by atoms with Crippen LogP contribution in [-0.4, -0.2) is 4.98 Å². The summed E-state index contributed by atoms with van der Waals surface area (Å²) in [5.41, 5.74) is 2.26. The van der Waals surface area contributed by atoms with E-state index in [-0.39, 0.29) is 0 Å². The largest absolute Gasteiger partial charge is 0.447 e. The van der Waals surface area contributed by atoms with E-state index in [1.54, 1.807) is 0 Å². The lowest BCUT2D eigenvalue weighted by molar-refractivity contribution is 0.522. The van der Waals surface area contributed by atoms with Crippen molar-refractivity contribution >= 4 is 15.9 Å². The van der Waals surface area contributed by atoms with Gasteiger partial charge in [-0.3, -0.25) is 0 Å². The van der Waals surface area contributed by atoms with Crippen LogP contribution < -0.4 is 0 Å². The van der Waals surface area contributed by atoms with Crippen LogP contribution in [0.15, 0.2) is 41.1 Å². The van der Waals surface area contributed by atoms with Crippen LogP contribution in [0.5, 0.6) is 0 Å². The Labute approximate surface area is 91.1 Å². The lowest BCUT2D eigenvalue weighted by Gasteiger charge is -1.98. The molecular formula is C11H10BrNO. The van der Waals surface area contributed by atoms with Gasteiger partial charge in [0.1, 0.15) is 5.76 Å². The monoisotopic (exact) mass is 251 g/mol. The first-order valence-corrected chi connectivity index (χ1v) is 5.53. The Morgan fingerprint density at radius 3 is 2.71 bits per heavy atom. The fourth-order valence-electron chi connectivity index (χ4n) is 1.34. The van der Waals surface area contributed by atoms with Gasteiger partial charge in [0.25, 0.3) is 0 Å². The third-order valence-electron chi connectivity index (χ3n) is 2.06. The summed E-state index contributed by atoms with van der Waals surface area (Å²) < 4.78 is 5.23. The molecule has 0 aliphatic carbocycles. The highest BCUT2D eigenvalue weighted by Gasteiger charge is 2.06. The molecule has 1 aromatic carbocycles. The Bertz CT molecular complexity index is 397. The minimum atomic E-state index is 0.717. The van der Waals surface area contributed by atoms with Crippen molar-refractivity contribution < 1.29 is 4.42 Å². The Hall–Kier alpha value is -1.09. The molecular weight excluding hydrogens is 242 g/mol. The average molecular weight is 252 g/mol. The predicted molar refractivity (Wildman–Crippen MR) is 58.4 cm³/mol. The topological polar surface area (TPSA) is 26.0 Å². The number of benzene rings is 1. The van der Waals surface area contributed by atoms with Crippen molar-refractivity contribution in [3.63, 3.8) is 0 Å². The van der Waals surface area contributed by atoms with Gasteiger partial charge in [-0.1, -0.05) is 46.3 Å². The summed E-state index contributed by atoms with van der Waals surface area (Å²) in [7, 11) is 0. The number of halogens is 1. The molecule has 14 heavy (non-hydrogen) atoms. The third kappa shape index (κ3) is 2.04. The van der Waals surface area contributed by atoms with Crippen LogP contribution in [0.25, 0.3) is 0 Å². The maximum Gasteiger partial charge on any atom is 0.181 e. The van der Waals surface area contributed by atoms with Crippen LogP contribution >= 0.6 is 15.9 Å². The van der Waals surface area contributed by atoms with Gasteiger partial charge in [0, 0.05) is 6.42 Å². The van der Waals surface area contributed by atoms with Crippen molar-refractivity contribution in [3.05, 3.63) is 53.7 Å². The van der Waals surface area contributed by atoms with Gasteiger partial charge in [-0.25, -0.2) is 4.98 Å². The van der Waals surface area contributed by atoms with E-state index in [1.165, 1.54) is 12.0 Å². The summed E-state index contributed by atoms with van der Waals surface area (Å²) in [5.74, 6) is 0.911. The number of hydrogen-bond donors (Lipinski definition) is 0. The quantitative estimate of drug-likeness (QED) is 0.784. The molecule has 2 aromatic rings. The molecule has 0 atom stereocenters. The summed E-state index contributed by atoms with van der Waals surface area (Å²) in [4.78, 5) is 4.19. The Balaban J connectivity index is 2.19. The lowest BCUT2D eigenvalue weighted by Crippen LogP contribution is -1.91. The van der Waals surface area contributed by atoms with Gasteiger partial charge in [-0.2, -0.15) is 0 Å². The standard InChI is InChI=1S/C11H10BrNO/c12-7-11-10(13-8-14-11)6-9-4-2-1-3-5-9/h1-5,8H,6-7H2. The van der Waals surface area contributed by atoms with E-state index in [0.29, 0.717) is 0 Å². The fraction of sp³-hybridized carbons (Fsp3) is 0.182. The molecule has 0 unspecified atom stereocenters. The van der Waals surface area contributed by atoms with Crippen LogP contribution in [0, 0.1) is 0 Å². The van der Waals surface area contributed by atoms with E-state index in [4.69, 9.17) is 4.42 Å². The molecule has 0 radical (unpaired) electrons. The van der Waals surface area contributed by atoms with Gasteiger partial charge >= 0.3 is 0 Å². The van der Waals surface area contributed by atoms with Gasteiger partial charge in [0.2, 0.25) is 0 Å². The summed E-state index contributed by atoms with van der Waals surface area (Å²) in [6.07, 6.45) is 2.33. The number of alkyl halides is 1. The van der Waals surface area contributed by atoms with Gasteiger partial charge < -0.3 is 4.42 Å². The molecule has 0 fully saturated rings. The molecule has 1 aromatic heterocycles. The van der Waals surface area contributed by atoms with Crippen molar-refractivity contribution in [1.29, 1.82) is 0 Å². The van der Waals surface area contributed by atoms with Crippen molar-refractivity contribution in [3.8, 4) is 0 Å². The highest BCUT2D eigenvalue weighted by Crippen LogP contribution is 2.15. The normalized spacial score (nSPS) is 10.4. The second-order valence-corrected chi connectivity index (χ2v) is 3.58. The van der Waals surface area contributed by atoms with Gasteiger partial charge in [0.05, 0.1) is 11.0 Å². The molecule has 0 bridgehead atoms. The average Bonchev–Trinajstić information content (AvgIpc) is 2.67. The van der Waals surface area contributed by atoms with E-state index in [9.17, 15) is 0 Å². The van der Waals surface area contributed by atoms with E-state index >= 15 is 0 Å². The minimum absolute atomic E-state index is 0.717. The smallest absolute Gasteiger partial charge is 0.181 e. The minimum Gasteiger partial charge on any atom is -0.447 e. The van der Waals surface area contributed by atoms with E-state index in [2.05, 4.69) is 33.0 Å². The maximum atomic E-state index is 5.23.